The Morgan fingerprint density at radius 2 is 2.03 bits per heavy atom. The van der Waals surface area contributed by atoms with Gasteiger partial charge in [-0.25, -0.2) is 4.98 Å². The monoisotopic (exact) mass is 500 g/mol. The van der Waals surface area contributed by atoms with Crippen molar-refractivity contribution in [3.63, 3.8) is 0 Å². The fourth-order valence-corrected chi connectivity index (χ4v) is 4.41. The highest BCUT2D eigenvalue weighted by Gasteiger charge is 2.34. The van der Waals surface area contributed by atoms with Crippen LogP contribution in [0.1, 0.15) is 50.9 Å². The number of aromatic nitrogens is 3. The highest BCUT2D eigenvalue weighted by Crippen LogP contribution is 2.35. The third-order valence-corrected chi connectivity index (χ3v) is 6.24. The fourth-order valence-electron chi connectivity index (χ4n) is 3.37. The van der Waals surface area contributed by atoms with Crippen molar-refractivity contribution in [1.82, 2.24) is 14.8 Å². The minimum absolute atomic E-state index is 0.00131. The number of rotatable bonds is 8. The third kappa shape index (κ3) is 6.11. The number of nitriles is 1. The summed E-state index contributed by atoms with van der Waals surface area (Å²) in [6, 6.07) is 8.08. The quantitative estimate of drug-likeness (QED) is 0.214. The van der Waals surface area contributed by atoms with Crippen LogP contribution in [0.4, 0.5) is 13.2 Å². The number of hydrogen-bond acceptors (Lipinski definition) is 6. The number of benzene rings is 1. The van der Waals surface area contributed by atoms with Crippen molar-refractivity contribution in [3.8, 4) is 11.8 Å². The SMILES string of the molecule is CCn1cc(C(=O)/C=C/c2ccc(OC)c(CSc3nc(C(F)(F)F)cc(C)c3C#N)c2)c(C)n1. The maximum absolute atomic E-state index is 13.2. The number of ether oxygens (including phenoxy) is 1. The fraction of sp³-hybridized carbons (Fsp3) is 0.280. The van der Waals surface area contributed by atoms with Gasteiger partial charge in [-0.3, -0.25) is 9.48 Å². The van der Waals surface area contributed by atoms with Crippen molar-refractivity contribution in [2.45, 2.75) is 44.3 Å². The van der Waals surface area contributed by atoms with Gasteiger partial charge < -0.3 is 4.74 Å². The molecule has 0 unspecified atom stereocenters. The molecule has 0 N–H and O–H groups in total. The molecule has 0 spiro atoms. The van der Waals surface area contributed by atoms with Gasteiger partial charge in [-0.05, 0) is 56.2 Å². The normalized spacial score (nSPS) is 11.6. The van der Waals surface area contributed by atoms with Crippen molar-refractivity contribution in [2.24, 2.45) is 0 Å². The number of carbonyl (C=O) groups is 1. The number of pyridine rings is 1. The van der Waals surface area contributed by atoms with E-state index in [4.69, 9.17) is 4.74 Å². The first-order chi connectivity index (χ1) is 16.6. The molecule has 10 heteroatoms. The first-order valence-electron chi connectivity index (χ1n) is 10.6. The van der Waals surface area contributed by atoms with Gasteiger partial charge in [0.2, 0.25) is 0 Å². The molecule has 0 amide bonds. The highest BCUT2D eigenvalue weighted by molar-refractivity contribution is 7.98. The molecular formula is C25H23F3N4O2S. The summed E-state index contributed by atoms with van der Waals surface area (Å²) in [5, 5.41) is 13.7. The number of methoxy groups -OCH3 is 1. The Balaban J connectivity index is 1.86. The van der Waals surface area contributed by atoms with Crippen LogP contribution in [0.2, 0.25) is 0 Å². The summed E-state index contributed by atoms with van der Waals surface area (Å²) in [5.74, 6) is 0.559. The number of hydrogen-bond donors (Lipinski definition) is 0. The predicted octanol–water partition coefficient (Wildman–Crippen LogP) is 6.00. The van der Waals surface area contributed by atoms with Crippen LogP contribution in [0.3, 0.4) is 0 Å². The van der Waals surface area contributed by atoms with Gasteiger partial charge in [-0.1, -0.05) is 12.1 Å². The molecule has 0 saturated carbocycles. The summed E-state index contributed by atoms with van der Waals surface area (Å²) in [4.78, 5) is 16.3. The largest absolute Gasteiger partial charge is 0.496 e. The van der Waals surface area contributed by atoms with Crippen LogP contribution in [-0.4, -0.2) is 27.7 Å². The molecule has 2 heterocycles. The number of alkyl halides is 3. The van der Waals surface area contributed by atoms with E-state index in [1.54, 1.807) is 42.1 Å². The lowest BCUT2D eigenvalue weighted by atomic mass is 10.1. The number of carbonyl (C=O) groups excluding carboxylic acids is 1. The Bertz CT molecular complexity index is 1320. The molecule has 0 aliphatic rings. The van der Waals surface area contributed by atoms with Gasteiger partial charge in [0.25, 0.3) is 0 Å². The van der Waals surface area contributed by atoms with E-state index >= 15 is 0 Å². The van der Waals surface area contributed by atoms with Crippen LogP contribution in [0.5, 0.6) is 5.75 Å². The van der Waals surface area contributed by atoms with Crippen LogP contribution in [0, 0.1) is 25.2 Å². The zero-order chi connectivity index (χ0) is 25.8. The molecule has 2 aromatic heterocycles. The maximum Gasteiger partial charge on any atom is 0.433 e. The standard InChI is InChI=1S/C25H23F3N4O2S/c1-5-32-13-20(16(3)31-32)21(33)8-6-17-7-9-22(34-4)18(11-17)14-35-24-19(12-29)15(2)10-23(30-24)25(26,27)28/h6-11,13H,5,14H2,1-4H3/b8-6+. The minimum Gasteiger partial charge on any atom is -0.496 e. The molecule has 182 valence electrons. The number of thioether (sulfide) groups is 1. The van der Waals surface area contributed by atoms with Crippen molar-refractivity contribution in [3.05, 3.63) is 75.7 Å². The van der Waals surface area contributed by atoms with Gasteiger partial charge in [0, 0.05) is 24.1 Å². The van der Waals surface area contributed by atoms with Crippen molar-refractivity contribution < 1.29 is 22.7 Å². The zero-order valence-electron chi connectivity index (χ0n) is 19.6. The van der Waals surface area contributed by atoms with Gasteiger partial charge in [0.15, 0.2) is 5.78 Å². The Morgan fingerprint density at radius 1 is 1.29 bits per heavy atom. The van der Waals surface area contributed by atoms with E-state index in [1.807, 2.05) is 13.0 Å². The van der Waals surface area contributed by atoms with Crippen LogP contribution in [0.15, 0.2) is 41.6 Å². The molecule has 6 nitrogen and oxygen atoms in total. The van der Waals surface area contributed by atoms with Gasteiger partial charge >= 0.3 is 6.18 Å². The molecule has 0 fully saturated rings. The van der Waals surface area contributed by atoms with Crippen molar-refractivity contribution in [2.75, 3.05) is 7.11 Å². The summed E-state index contributed by atoms with van der Waals surface area (Å²) in [6.07, 6.45) is 0.199. The van der Waals surface area contributed by atoms with Crippen LogP contribution >= 0.6 is 11.8 Å². The van der Waals surface area contributed by atoms with Gasteiger partial charge in [0.1, 0.15) is 22.5 Å². The van der Waals surface area contributed by atoms with E-state index in [1.165, 1.54) is 20.1 Å². The van der Waals surface area contributed by atoms with E-state index < -0.39 is 11.9 Å². The predicted molar refractivity (Wildman–Crippen MR) is 127 cm³/mol. The molecule has 1 aromatic carbocycles. The Labute approximate surface area is 205 Å². The second-order valence-corrected chi connectivity index (χ2v) is 8.62. The maximum atomic E-state index is 13.2. The van der Waals surface area contributed by atoms with E-state index in [0.717, 1.165) is 17.8 Å². The van der Waals surface area contributed by atoms with E-state index in [0.29, 0.717) is 34.7 Å². The summed E-state index contributed by atoms with van der Waals surface area (Å²) >= 11 is 1.02. The third-order valence-electron chi connectivity index (χ3n) is 5.22. The van der Waals surface area contributed by atoms with Crippen molar-refractivity contribution in [1.29, 1.82) is 5.26 Å². The Hall–Kier alpha value is -3.58. The highest BCUT2D eigenvalue weighted by atomic mass is 32.2. The number of halogens is 3. The van der Waals surface area contributed by atoms with Crippen LogP contribution in [-0.2, 0) is 18.5 Å². The Kier molecular flexibility index (Phi) is 8.02. The number of allylic oxidation sites excluding steroid dienone is 1. The molecule has 3 rings (SSSR count). The second-order valence-electron chi connectivity index (χ2n) is 7.66. The Morgan fingerprint density at radius 3 is 2.63 bits per heavy atom. The van der Waals surface area contributed by atoms with Gasteiger partial charge in [-0.15, -0.1) is 11.8 Å². The molecule has 35 heavy (non-hydrogen) atoms. The molecular weight excluding hydrogens is 477 g/mol. The van der Waals surface area contributed by atoms with E-state index in [9.17, 15) is 23.2 Å². The summed E-state index contributed by atoms with van der Waals surface area (Å²) < 4.78 is 46.8. The lowest BCUT2D eigenvalue weighted by molar-refractivity contribution is -0.141. The number of aryl methyl sites for hydroxylation is 3. The first kappa shape index (κ1) is 26.0. The van der Waals surface area contributed by atoms with E-state index in [-0.39, 0.29) is 27.7 Å². The van der Waals surface area contributed by atoms with Crippen LogP contribution in [0.25, 0.3) is 6.08 Å². The number of nitrogens with zero attached hydrogens (tertiary/aromatic N) is 4. The smallest absolute Gasteiger partial charge is 0.433 e. The average Bonchev–Trinajstić information content (AvgIpc) is 3.21. The summed E-state index contributed by atoms with van der Waals surface area (Å²) in [6.45, 7) is 5.82. The lowest BCUT2D eigenvalue weighted by Gasteiger charge is -2.13. The molecule has 0 bridgehead atoms. The molecule has 0 aliphatic carbocycles. The summed E-state index contributed by atoms with van der Waals surface area (Å²) in [5.41, 5.74) is 1.83. The van der Waals surface area contributed by atoms with Gasteiger partial charge in [-0.2, -0.15) is 23.5 Å². The van der Waals surface area contributed by atoms with Crippen LogP contribution < -0.4 is 4.74 Å². The zero-order valence-corrected chi connectivity index (χ0v) is 20.4. The molecule has 0 radical (unpaired) electrons. The molecule has 0 saturated heterocycles. The summed E-state index contributed by atoms with van der Waals surface area (Å²) in [7, 11) is 1.49. The molecule has 0 aliphatic heterocycles. The second kappa shape index (κ2) is 10.8. The van der Waals surface area contributed by atoms with Crippen molar-refractivity contribution >= 4 is 23.6 Å². The van der Waals surface area contributed by atoms with Gasteiger partial charge in [0.05, 0.1) is 23.9 Å². The minimum atomic E-state index is -4.62. The first-order valence-corrected chi connectivity index (χ1v) is 11.6. The average molecular weight is 501 g/mol. The molecule has 3 aromatic rings. The molecule has 0 atom stereocenters. The number of ketones is 1. The lowest BCUT2D eigenvalue weighted by Crippen LogP contribution is -2.10. The van der Waals surface area contributed by atoms with E-state index in [2.05, 4.69) is 10.1 Å². The topological polar surface area (TPSA) is 80.8 Å².